The van der Waals surface area contributed by atoms with Crippen LogP contribution in [-0.4, -0.2) is 33.4 Å². The van der Waals surface area contributed by atoms with Crippen LogP contribution in [0.4, 0.5) is 5.69 Å². The molecule has 0 unspecified atom stereocenters. The Bertz CT molecular complexity index is 502. The Balaban J connectivity index is 2.00. The van der Waals surface area contributed by atoms with Gasteiger partial charge in [-0.2, -0.15) is 16.7 Å². The Morgan fingerprint density at radius 1 is 1.28 bits per heavy atom. The molecule has 0 bridgehead atoms. The number of hydrogen-bond donors (Lipinski definition) is 2. The molecule has 2 rings (SSSR count). The van der Waals surface area contributed by atoms with Crippen LogP contribution >= 0.6 is 11.8 Å². The van der Waals surface area contributed by atoms with Gasteiger partial charge >= 0.3 is 0 Å². The molecule has 0 amide bonds. The molecule has 96 valence electrons. The molecular weight excluding hydrogens is 250 g/mol. The molecular formula is C12H15N3O2S. The van der Waals surface area contributed by atoms with E-state index in [1.165, 1.54) is 0 Å². The first-order chi connectivity index (χ1) is 8.81. The van der Waals surface area contributed by atoms with Gasteiger partial charge in [-0.1, -0.05) is 17.3 Å². The standard InChI is InChI=1S/C12H15N3O2S/c13-10-4-2-1-3-9(10)12-14-11(15-17-12)5-7-18-8-6-16/h1-4,16H,5-8,13H2. The minimum Gasteiger partial charge on any atom is -0.398 e. The van der Waals surface area contributed by atoms with Crippen LogP contribution in [0.2, 0.25) is 0 Å². The zero-order chi connectivity index (χ0) is 12.8. The van der Waals surface area contributed by atoms with Gasteiger partial charge < -0.3 is 15.4 Å². The van der Waals surface area contributed by atoms with Gasteiger partial charge in [-0.25, -0.2) is 0 Å². The molecule has 5 nitrogen and oxygen atoms in total. The SMILES string of the molecule is Nc1ccccc1-c1nc(CCSCCO)no1. The summed E-state index contributed by atoms with van der Waals surface area (Å²) in [6.45, 7) is 0.197. The molecule has 1 aromatic heterocycles. The normalized spacial score (nSPS) is 10.7. The van der Waals surface area contributed by atoms with E-state index >= 15 is 0 Å². The molecule has 1 aromatic carbocycles. The van der Waals surface area contributed by atoms with Crippen LogP contribution in [0.25, 0.3) is 11.5 Å². The second kappa shape index (κ2) is 6.42. The average molecular weight is 265 g/mol. The number of hydrogen-bond acceptors (Lipinski definition) is 6. The first kappa shape index (κ1) is 12.9. The van der Waals surface area contributed by atoms with E-state index in [-0.39, 0.29) is 6.61 Å². The van der Waals surface area contributed by atoms with Crippen molar-refractivity contribution in [2.45, 2.75) is 6.42 Å². The fraction of sp³-hybridized carbons (Fsp3) is 0.333. The smallest absolute Gasteiger partial charge is 0.260 e. The molecule has 0 saturated heterocycles. The number of aliphatic hydroxyl groups excluding tert-OH is 1. The lowest BCUT2D eigenvalue weighted by molar-refractivity contribution is 0.322. The largest absolute Gasteiger partial charge is 0.398 e. The zero-order valence-corrected chi connectivity index (χ0v) is 10.7. The predicted molar refractivity (Wildman–Crippen MR) is 72.3 cm³/mol. The van der Waals surface area contributed by atoms with Crippen molar-refractivity contribution >= 4 is 17.4 Å². The van der Waals surface area contributed by atoms with Crippen molar-refractivity contribution < 1.29 is 9.63 Å². The lowest BCUT2D eigenvalue weighted by atomic mass is 10.2. The molecule has 18 heavy (non-hydrogen) atoms. The second-order valence-corrected chi connectivity index (χ2v) is 4.91. The van der Waals surface area contributed by atoms with Crippen LogP contribution in [0, 0.1) is 0 Å². The molecule has 6 heteroatoms. The number of benzene rings is 1. The van der Waals surface area contributed by atoms with Gasteiger partial charge in [0, 0.05) is 23.6 Å². The van der Waals surface area contributed by atoms with E-state index in [4.69, 9.17) is 15.4 Å². The molecule has 0 spiro atoms. The molecule has 1 heterocycles. The van der Waals surface area contributed by atoms with Crippen molar-refractivity contribution in [2.75, 3.05) is 23.8 Å². The highest BCUT2D eigenvalue weighted by molar-refractivity contribution is 7.99. The van der Waals surface area contributed by atoms with E-state index in [1.807, 2.05) is 18.2 Å². The van der Waals surface area contributed by atoms with Gasteiger partial charge in [0.05, 0.1) is 12.2 Å². The molecule has 0 aliphatic rings. The lowest BCUT2D eigenvalue weighted by Crippen LogP contribution is -1.95. The summed E-state index contributed by atoms with van der Waals surface area (Å²) in [4.78, 5) is 4.31. The number of anilines is 1. The first-order valence-corrected chi connectivity index (χ1v) is 6.83. The third-order valence-corrected chi connectivity index (χ3v) is 3.33. The maximum absolute atomic E-state index is 8.66. The van der Waals surface area contributed by atoms with Gasteiger partial charge in [-0.05, 0) is 12.1 Å². The summed E-state index contributed by atoms with van der Waals surface area (Å²) in [5.41, 5.74) is 7.23. The number of thioether (sulfide) groups is 1. The van der Waals surface area contributed by atoms with Crippen LogP contribution < -0.4 is 5.73 Å². The molecule has 2 aromatic rings. The molecule has 0 fully saturated rings. The molecule has 0 aliphatic carbocycles. The third kappa shape index (κ3) is 3.24. The van der Waals surface area contributed by atoms with Crippen molar-refractivity contribution in [3.63, 3.8) is 0 Å². The summed E-state index contributed by atoms with van der Waals surface area (Å²) in [5.74, 6) is 2.72. The van der Waals surface area contributed by atoms with Gasteiger partial charge in [-0.3, -0.25) is 0 Å². The van der Waals surface area contributed by atoms with Crippen LogP contribution in [0.15, 0.2) is 28.8 Å². The van der Waals surface area contributed by atoms with Crippen molar-refractivity contribution in [1.29, 1.82) is 0 Å². The van der Waals surface area contributed by atoms with Gasteiger partial charge in [0.1, 0.15) is 0 Å². The Morgan fingerprint density at radius 2 is 2.11 bits per heavy atom. The summed E-state index contributed by atoms with van der Waals surface area (Å²) in [6, 6.07) is 7.40. The van der Waals surface area contributed by atoms with Crippen LogP contribution in [0.3, 0.4) is 0 Å². The summed E-state index contributed by atoms with van der Waals surface area (Å²) in [7, 11) is 0. The maximum Gasteiger partial charge on any atom is 0.260 e. The molecule has 0 saturated carbocycles. The Kier molecular flexibility index (Phi) is 4.60. The highest BCUT2D eigenvalue weighted by atomic mass is 32.2. The second-order valence-electron chi connectivity index (χ2n) is 3.69. The molecule has 0 aliphatic heterocycles. The van der Waals surface area contributed by atoms with E-state index in [0.29, 0.717) is 17.4 Å². The number of rotatable bonds is 6. The van der Waals surface area contributed by atoms with Crippen molar-refractivity contribution in [3.8, 4) is 11.5 Å². The van der Waals surface area contributed by atoms with Crippen molar-refractivity contribution in [2.24, 2.45) is 0 Å². The first-order valence-electron chi connectivity index (χ1n) is 5.67. The number of aromatic nitrogens is 2. The van der Waals surface area contributed by atoms with E-state index in [0.717, 1.165) is 23.5 Å². The van der Waals surface area contributed by atoms with Crippen molar-refractivity contribution in [3.05, 3.63) is 30.1 Å². The number of nitrogens with two attached hydrogens (primary N) is 1. The number of para-hydroxylation sites is 1. The van der Waals surface area contributed by atoms with Gasteiger partial charge in [0.15, 0.2) is 5.82 Å². The molecule has 3 N–H and O–H groups in total. The lowest BCUT2D eigenvalue weighted by Gasteiger charge is -1.97. The highest BCUT2D eigenvalue weighted by Crippen LogP contribution is 2.23. The molecule has 0 radical (unpaired) electrons. The Morgan fingerprint density at radius 3 is 2.89 bits per heavy atom. The van der Waals surface area contributed by atoms with E-state index in [2.05, 4.69) is 10.1 Å². The monoisotopic (exact) mass is 265 g/mol. The van der Waals surface area contributed by atoms with Crippen LogP contribution in [0.5, 0.6) is 0 Å². The van der Waals surface area contributed by atoms with Crippen molar-refractivity contribution in [1.82, 2.24) is 10.1 Å². The minimum absolute atomic E-state index is 0.197. The summed E-state index contributed by atoms with van der Waals surface area (Å²) >= 11 is 1.66. The molecule has 0 atom stereocenters. The van der Waals surface area contributed by atoms with Gasteiger partial charge in [0.25, 0.3) is 5.89 Å². The number of aryl methyl sites for hydroxylation is 1. The Hall–Kier alpha value is -1.53. The van der Waals surface area contributed by atoms with E-state index in [9.17, 15) is 0 Å². The third-order valence-electron chi connectivity index (χ3n) is 2.36. The van der Waals surface area contributed by atoms with Gasteiger partial charge in [-0.15, -0.1) is 0 Å². The number of nitrogens with zero attached hydrogens (tertiary/aromatic N) is 2. The number of nitrogen functional groups attached to an aromatic ring is 1. The summed E-state index contributed by atoms with van der Waals surface area (Å²) in [6.07, 6.45) is 0.723. The van der Waals surface area contributed by atoms with E-state index in [1.54, 1.807) is 17.8 Å². The van der Waals surface area contributed by atoms with Crippen LogP contribution in [-0.2, 0) is 6.42 Å². The summed E-state index contributed by atoms with van der Waals surface area (Å²) < 4.78 is 5.19. The number of aliphatic hydroxyl groups is 1. The fourth-order valence-corrected chi connectivity index (χ4v) is 2.15. The fourth-order valence-electron chi connectivity index (χ4n) is 1.49. The predicted octanol–water partition coefficient (Wildman–Crippen LogP) is 1.59. The topological polar surface area (TPSA) is 85.2 Å². The Labute approximate surface area is 109 Å². The minimum atomic E-state index is 0.197. The highest BCUT2D eigenvalue weighted by Gasteiger charge is 2.10. The van der Waals surface area contributed by atoms with Crippen LogP contribution in [0.1, 0.15) is 5.82 Å². The summed E-state index contributed by atoms with van der Waals surface area (Å²) in [5, 5.41) is 12.6. The van der Waals surface area contributed by atoms with E-state index < -0.39 is 0 Å². The average Bonchev–Trinajstić information content (AvgIpc) is 2.84. The zero-order valence-electron chi connectivity index (χ0n) is 9.87. The van der Waals surface area contributed by atoms with Gasteiger partial charge in [0.2, 0.25) is 0 Å². The quantitative estimate of drug-likeness (QED) is 0.609. The maximum atomic E-state index is 8.66.